The van der Waals surface area contributed by atoms with Crippen molar-refractivity contribution in [3.8, 4) is 17.6 Å². The predicted octanol–water partition coefficient (Wildman–Crippen LogP) is 0.994. The molecule has 6 heteroatoms. The van der Waals surface area contributed by atoms with Gasteiger partial charge in [0.25, 0.3) is 5.91 Å². The SMILES string of the molecule is CCOc1cc(CC(C)N)ccc1OCC(=O)NCC#N. The third-order valence-electron chi connectivity index (χ3n) is 2.59. The molecule has 114 valence electrons. The summed E-state index contributed by atoms with van der Waals surface area (Å²) in [6.07, 6.45) is 0.739. The summed E-state index contributed by atoms with van der Waals surface area (Å²) in [6.45, 7) is 4.12. The van der Waals surface area contributed by atoms with Crippen LogP contribution in [0.25, 0.3) is 0 Å². The molecule has 0 aliphatic heterocycles. The van der Waals surface area contributed by atoms with Gasteiger partial charge >= 0.3 is 0 Å². The van der Waals surface area contributed by atoms with Gasteiger partial charge in [0.15, 0.2) is 18.1 Å². The largest absolute Gasteiger partial charge is 0.490 e. The van der Waals surface area contributed by atoms with Crippen LogP contribution in [0.1, 0.15) is 19.4 Å². The van der Waals surface area contributed by atoms with Gasteiger partial charge < -0.3 is 20.5 Å². The predicted molar refractivity (Wildman–Crippen MR) is 79.1 cm³/mol. The Morgan fingerprint density at radius 1 is 1.43 bits per heavy atom. The maximum absolute atomic E-state index is 11.4. The number of nitrogens with one attached hydrogen (secondary N) is 1. The van der Waals surface area contributed by atoms with Crippen molar-refractivity contribution in [2.45, 2.75) is 26.3 Å². The van der Waals surface area contributed by atoms with Crippen LogP contribution in [0.5, 0.6) is 11.5 Å². The lowest BCUT2D eigenvalue weighted by atomic mass is 10.1. The molecule has 0 fully saturated rings. The lowest BCUT2D eigenvalue weighted by Crippen LogP contribution is -2.29. The second-order valence-corrected chi connectivity index (χ2v) is 4.62. The summed E-state index contributed by atoms with van der Waals surface area (Å²) < 4.78 is 11.0. The summed E-state index contributed by atoms with van der Waals surface area (Å²) in [6, 6.07) is 7.42. The first-order chi connectivity index (χ1) is 10.1. The first-order valence-corrected chi connectivity index (χ1v) is 6.84. The number of nitrogens with zero attached hydrogens (tertiary/aromatic N) is 1. The Labute approximate surface area is 124 Å². The van der Waals surface area contributed by atoms with Crippen molar-refractivity contribution in [3.05, 3.63) is 23.8 Å². The fourth-order valence-corrected chi connectivity index (χ4v) is 1.77. The normalized spacial score (nSPS) is 11.3. The standard InChI is InChI=1S/C15H21N3O3/c1-3-20-14-9-12(8-11(2)17)4-5-13(14)21-10-15(19)18-7-6-16/h4-5,9,11H,3,7-8,10,17H2,1-2H3,(H,18,19). The Kier molecular flexibility index (Phi) is 7.05. The number of ether oxygens (including phenoxy) is 2. The molecule has 1 unspecified atom stereocenters. The average Bonchev–Trinajstić information content (AvgIpc) is 2.44. The molecule has 1 atom stereocenters. The Balaban J connectivity index is 2.72. The van der Waals surface area contributed by atoms with E-state index in [1.165, 1.54) is 0 Å². The molecule has 0 heterocycles. The summed E-state index contributed by atoms with van der Waals surface area (Å²) in [7, 11) is 0. The molecule has 6 nitrogen and oxygen atoms in total. The van der Waals surface area contributed by atoms with Gasteiger partial charge in [0.05, 0.1) is 12.7 Å². The molecule has 0 bridgehead atoms. The minimum absolute atomic E-state index is 0.0339. The van der Waals surface area contributed by atoms with E-state index in [0.29, 0.717) is 18.1 Å². The van der Waals surface area contributed by atoms with Gasteiger partial charge in [0, 0.05) is 6.04 Å². The van der Waals surface area contributed by atoms with Crippen molar-refractivity contribution in [2.24, 2.45) is 5.73 Å². The van der Waals surface area contributed by atoms with E-state index in [9.17, 15) is 4.79 Å². The Morgan fingerprint density at radius 3 is 2.81 bits per heavy atom. The van der Waals surface area contributed by atoms with E-state index in [2.05, 4.69) is 5.32 Å². The van der Waals surface area contributed by atoms with Crippen LogP contribution >= 0.6 is 0 Å². The minimum atomic E-state index is -0.348. The highest BCUT2D eigenvalue weighted by atomic mass is 16.5. The monoisotopic (exact) mass is 291 g/mol. The zero-order chi connectivity index (χ0) is 15.7. The van der Waals surface area contributed by atoms with Crippen LogP contribution in [-0.4, -0.2) is 31.7 Å². The maximum atomic E-state index is 11.4. The van der Waals surface area contributed by atoms with E-state index in [1.807, 2.05) is 32.0 Å². The molecule has 0 aliphatic rings. The van der Waals surface area contributed by atoms with Crippen molar-refractivity contribution in [1.82, 2.24) is 5.32 Å². The summed E-state index contributed by atoms with van der Waals surface area (Å²) in [5.74, 6) is 0.736. The van der Waals surface area contributed by atoms with E-state index in [0.717, 1.165) is 12.0 Å². The van der Waals surface area contributed by atoms with Gasteiger partial charge in [-0.1, -0.05) is 6.07 Å². The van der Waals surface area contributed by atoms with Crippen molar-refractivity contribution >= 4 is 5.91 Å². The number of hydrogen-bond acceptors (Lipinski definition) is 5. The van der Waals surface area contributed by atoms with Crippen LogP contribution < -0.4 is 20.5 Å². The van der Waals surface area contributed by atoms with E-state index in [1.54, 1.807) is 6.07 Å². The number of rotatable bonds is 8. The fourth-order valence-electron chi connectivity index (χ4n) is 1.77. The molecule has 1 aromatic rings. The third-order valence-corrected chi connectivity index (χ3v) is 2.59. The molecule has 1 amide bonds. The lowest BCUT2D eigenvalue weighted by molar-refractivity contribution is -0.122. The van der Waals surface area contributed by atoms with Gasteiger partial charge in [-0.2, -0.15) is 5.26 Å². The van der Waals surface area contributed by atoms with Crippen molar-refractivity contribution < 1.29 is 14.3 Å². The highest BCUT2D eigenvalue weighted by Gasteiger charge is 2.10. The van der Waals surface area contributed by atoms with Gasteiger partial charge in [-0.3, -0.25) is 4.79 Å². The molecule has 1 rings (SSSR count). The number of benzene rings is 1. The van der Waals surface area contributed by atoms with Crippen LogP contribution in [0.4, 0.5) is 0 Å². The first kappa shape index (κ1) is 16.8. The molecule has 0 spiro atoms. The Bertz CT molecular complexity index is 509. The Hall–Kier alpha value is -2.26. The van der Waals surface area contributed by atoms with E-state index in [4.69, 9.17) is 20.5 Å². The van der Waals surface area contributed by atoms with Crippen molar-refractivity contribution in [1.29, 1.82) is 5.26 Å². The second kappa shape index (κ2) is 8.82. The first-order valence-electron chi connectivity index (χ1n) is 6.84. The quantitative estimate of drug-likeness (QED) is 0.696. The molecule has 3 N–H and O–H groups in total. The lowest BCUT2D eigenvalue weighted by Gasteiger charge is -2.14. The maximum Gasteiger partial charge on any atom is 0.258 e. The number of amides is 1. The van der Waals surface area contributed by atoms with E-state index in [-0.39, 0.29) is 25.1 Å². The molecular weight excluding hydrogens is 270 g/mol. The summed E-state index contributed by atoms with van der Waals surface area (Å²) in [5, 5.41) is 10.8. The summed E-state index contributed by atoms with van der Waals surface area (Å²) >= 11 is 0. The van der Waals surface area contributed by atoms with Gasteiger partial charge in [0.1, 0.15) is 6.54 Å². The van der Waals surface area contributed by atoms with Crippen LogP contribution in [-0.2, 0) is 11.2 Å². The molecular formula is C15H21N3O3. The molecule has 21 heavy (non-hydrogen) atoms. The zero-order valence-electron chi connectivity index (χ0n) is 12.4. The van der Waals surface area contributed by atoms with Crippen LogP contribution in [0, 0.1) is 11.3 Å². The number of carbonyl (C=O) groups is 1. The number of carbonyl (C=O) groups excluding carboxylic acids is 1. The zero-order valence-corrected chi connectivity index (χ0v) is 12.4. The molecule has 0 saturated heterocycles. The van der Waals surface area contributed by atoms with Crippen LogP contribution in [0.2, 0.25) is 0 Å². The van der Waals surface area contributed by atoms with Crippen molar-refractivity contribution in [3.63, 3.8) is 0 Å². The summed E-state index contributed by atoms with van der Waals surface area (Å²) in [5.41, 5.74) is 6.83. The molecule has 1 aromatic carbocycles. The molecule has 0 saturated carbocycles. The van der Waals surface area contributed by atoms with Crippen LogP contribution in [0.3, 0.4) is 0 Å². The van der Waals surface area contributed by atoms with E-state index >= 15 is 0 Å². The highest BCUT2D eigenvalue weighted by Crippen LogP contribution is 2.28. The third kappa shape index (κ3) is 6.15. The fraction of sp³-hybridized carbons (Fsp3) is 0.467. The number of hydrogen-bond donors (Lipinski definition) is 2. The topological polar surface area (TPSA) is 97.4 Å². The second-order valence-electron chi connectivity index (χ2n) is 4.62. The average molecular weight is 291 g/mol. The molecule has 0 aliphatic carbocycles. The van der Waals surface area contributed by atoms with Crippen molar-refractivity contribution in [2.75, 3.05) is 19.8 Å². The minimum Gasteiger partial charge on any atom is -0.490 e. The number of nitriles is 1. The number of nitrogens with two attached hydrogens (primary N) is 1. The Morgan fingerprint density at radius 2 is 2.19 bits per heavy atom. The van der Waals surface area contributed by atoms with Gasteiger partial charge in [0.2, 0.25) is 0 Å². The molecule has 0 aromatic heterocycles. The smallest absolute Gasteiger partial charge is 0.258 e. The van der Waals surface area contributed by atoms with Gasteiger partial charge in [-0.15, -0.1) is 0 Å². The highest BCUT2D eigenvalue weighted by molar-refractivity contribution is 5.77. The van der Waals surface area contributed by atoms with Gasteiger partial charge in [-0.05, 0) is 38.0 Å². The summed E-state index contributed by atoms with van der Waals surface area (Å²) in [4.78, 5) is 11.4. The van der Waals surface area contributed by atoms with E-state index < -0.39 is 0 Å². The van der Waals surface area contributed by atoms with Crippen LogP contribution in [0.15, 0.2) is 18.2 Å². The van der Waals surface area contributed by atoms with Gasteiger partial charge in [-0.25, -0.2) is 0 Å². The molecule has 0 radical (unpaired) electrons.